The molecule has 0 saturated heterocycles. The van der Waals surface area contributed by atoms with Gasteiger partial charge in [-0.3, -0.25) is 0 Å². The maximum absolute atomic E-state index is 8.81. The number of hydrogen-bond donors (Lipinski definition) is 2. The van der Waals surface area contributed by atoms with Crippen LogP contribution in [0.1, 0.15) is 17.0 Å². The van der Waals surface area contributed by atoms with Gasteiger partial charge in [0, 0.05) is 18.0 Å². The molecule has 0 unspecified atom stereocenters. The highest BCUT2D eigenvalue weighted by Gasteiger charge is 2.10. The third kappa shape index (κ3) is 1.99. The van der Waals surface area contributed by atoms with Gasteiger partial charge < -0.3 is 15.5 Å². The van der Waals surface area contributed by atoms with Crippen molar-refractivity contribution in [1.82, 2.24) is 9.55 Å². The van der Waals surface area contributed by atoms with E-state index in [1.54, 1.807) is 6.20 Å². The summed E-state index contributed by atoms with van der Waals surface area (Å²) in [4.78, 5) is 4.16. The number of oxime groups is 1. The van der Waals surface area contributed by atoms with Gasteiger partial charge in [-0.2, -0.15) is 0 Å². The van der Waals surface area contributed by atoms with E-state index in [0.29, 0.717) is 5.56 Å². The molecule has 2 aromatic rings. The fourth-order valence-electron chi connectivity index (χ4n) is 1.75. The first kappa shape index (κ1) is 11.2. The van der Waals surface area contributed by atoms with E-state index in [4.69, 9.17) is 10.9 Å². The quantitative estimate of drug-likeness (QED) is 0.356. The van der Waals surface area contributed by atoms with Gasteiger partial charge in [0.1, 0.15) is 5.82 Å². The minimum atomic E-state index is 0.0943. The second-order valence-electron chi connectivity index (χ2n) is 3.85. The summed E-state index contributed by atoms with van der Waals surface area (Å²) in [5, 5.41) is 11.9. The van der Waals surface area contributed by atoms with Gasteiger partial charge in [0.2, 0.25) is 0 Å². The number of aromatic nitrogens is 2. The van der Waals surface area contributed by atoms with Crippen LogP contribution < -0.4 is 5.73 Å². The number of nitrogens with zero attached hydrogens (tertiary/aromatic N) is 3. The normalized spacial score (nSPS) is 11.8. The third-order valence-corrected chi connectivity index (χ3v) is 2.62. The number of hydrogen-bond acceptors (Lipinski definition) is 3. The number of aryl methyl sites for hydroxylation is 2. The molecule has 0 aliphatic carbocycles. The lowest BCUT2D eigenvalue weighted by molar-refractivity contribution is 0.318. The van der Waals surface area contributed by atoms with E-state index in [-0.39, 0.29) is 5.84 Å². The van der Waals surface area contributed by atoms with Crippen molar-refractivity contribution in [3.05, 3.63) is 47.5 Å². The van der Waals surface area contributed by atoms with Crippen LogP contribution in [0.15, 0.2) is 35.7 Å². The highest BCUT2D eigenvalue weighted by Crippen LogP contribution is 2.17. The smallest absolute Gasteiger partial charge is 0.172 e. The van der Waals surface area contributed by atoms with Gasteiger partial charge in [0.15, 0.2) is 5.84 Å². The summed E-state index contributed by atoms with van der Waals surface area (Å²) in [6.45, 7) is 3.86. The van der Waals surface area contributed by atoms with Gasteiger partial charge in [-0.15, -0.1) is 0 Å². The largest absolute Gasteiger partial charge is 0.409 e. The molecule has 2 rings (SSSR count). The van der Waals surface area contributed by atoms with Gasteiger partial charge in [-0.25, -0.2) is 4.98 Å². The van der Waals surface area contributed by atoms with E-state index < -0.39 is 0 Å². The first-order valence-corrected chi connectivity index (χ1v) is 5.22. The molecule has 0 bridgehead atoms. The lowest BCUT2D eigenvalue weighted by Gasteiger charge is -2.11. The summed E-state index contributed by atoms with van der Waals surface area (Å²) in [6.07, 6.45) is 3.55. The van der Waals surface area contributed by atoms with Crippen molar-refractivity contribution in [2.45, 2.75) is 13.8 Å². The molecule has 0 aliphatic heterocycles. The average Bonchev–Trinajstić information content (AvgIpc) is 2.74. The van der Waals surface area contributed by atoms with Crippen molar-refractivity contribution >= 4 is 5.84 Å². The fourth-order valence-corrected chi connectivity index (χ4v) is 1.75. The molecule has 0 amide bonds. The Hall–Kier alpha value is -2.30. The zero-order valence-corrected chi connectivity index (χ0v) is 9.75. The van der Waals surface area contributed by atoms with E-state index >= 15 is 0 Å². The molecule has 5 nitrogen and oxygen atoms in total. The van der Waals surface area contributed by atoms with E-state index in [1.807, 2.05) is 42.8 Å². The van der Waals surface area contributed by atoms with Crippen molar-refractivity contribution in [3.63, 3.8) is 0 Å². The van der Waals surface area contributed by atoms with Gasteiger partial charge in [-0.1, -0.05) is 16.8 Å². The zero-order chi connectivity index (χ0) is 12.4. The standard InChI is InChI=1S/C12H14N4O/c1-8-3-4-11(10(7-8)12(13)15-17)16-6-5-14-9(16)2/h3-7,17H,1-2H3,(H2,13,15). The second kappa shape index (κ2) is 4.29. The Morgan fingerprint density at radius 2 is 2.18 bits per heavy atom. The molecule has 0 aliphatic rings. The van der Waals surface area contributed by atoms with Crippen LogP contribution in [-0.2, 0) is 0 Å². The number of imidazole rings is 1. The van der Waals surface area contributed by atoms with E-state index in [2.05, 4.69) is 10.1 Å². The van der Waals surface area contributed by atoms with Gasteiger partial charge >= 0.3 is 0 Å². The predicted octanol–water partition coefficient (Wildman–Crippen LogP) is 1.58. The summed E-state index contributed by atoms with van der Waals surface area (Å²) in [5.74, 6) is 0.942. The van der Waals surface area contributed by atoms with Crippen LogP contribution in [0.2, 0.25) is 0 Å². The maximum atomic E-state index is 8.81. The molecular formula is C12H14N4O. The SMILES string of the molecule is Cc1ccc(-n2ccnc2C)c(/C(N)=N/O)c1. The first-order chi connectivity index (χ1) is 8.13. The Morgan fingerprint density at radius 3 is 2.76 bits per heavy atom. The van der Waals surface area contributed by atoms with Gasteiger partial charge in [-0.05, 0) is 26.0 Å². The van der Waals surface area contributed by atoms with Crippen LogP contribution in [0.4, 0.5) is 0 Å². The molecule has 5 heteroatoms. The van der Waals surface area contributed by atoms with Crippen molar-refractivity contribution < 1.29 is 5.21 Å². The Labute approximate surface area is 99.2 Å². The van der Waals surface area contributed by atoms with Crippen LogP contribution in [0.3, 0.4) is 0 Å². The summed E-state index contributed by atoms with van der Waals surface area (Å²) in [7, 11) is 0. The van der Waals surface area contributed by atoms with Crippen molar-refractivity contribution in [1.29, 1.82) is 0 Å². The summed E-state index contributed by atoms with van der Waals surface area (Å²) in [6, 6.07) is 5.78. The third-order valence-electron chi connectivity index (χ3n) is 2.62. The van der Waals surface area contributed by atoms with Crippen molar-refractivity contribution in [3.8, 4) is 5.69 Å². The highest BCUT2D eigenvalue weighted by atomic mass is 16.4. The van der Waals surface area contributed by atoms with Crippen molar-refractivity contribution in [2.24, 2.45) is 10.9 Å². The number of benzene rings is 1. The minimum Gasteiger partial charge on any atom is -0.409 e. The molecule has 88 valence electrons. The summed E-state index contributed by atoms with van der Waals surface area (Å²) in [5.41, 5.74) is 8.27. The Kier molecular flexibility index (Phi) is 2.82. The van der Waals surface area contributed by atoms with E-state index in [1.165, 1.54) is 0 Å². The van der Waals surface area contributed by atoms with Crippen molar-refractivity contribution in [2.75, 3.05) is 0 Å². The molecule has 3 N–H and O–H groups in total. The Morgan fingerprint density at radius 1 is 1.41 bits per heavy atom. The molecular weight excluding hydrogens is 216 g/mol. The molecule has 0 saturated carbocycles. The Balaban J connectivity index is 2.66. The fraction of sp³-hybridized carbons (Fsp3) is 0.167. The van der Waals surface area contributed by atoms with Crippen LogP contribution in [0, 0.1) is 13.8 Å². The van der Waals surface area contributed by atoms with Crippen LogP contribution in [0.25, 0.3) is 5.69 Å². The average molecular weight is 230 g/mol. The first-order valence-electron chi connectivity index (χ1n) is 5.22. The molecule has 1 heterocycles. The van der Waals surface area contributed by atoms with Crippen LogP contribution in [0.5, 0.6) is 0 Å². The van der Waals surface area contributed by atoms with E-state index in [9.17, 15) is 0 Å². The highest BCUT2D eigenvalue weighted by molar-refractivity contribution is 6.00. The topological polar surface area (TPSA) is 76.4 Å². The lowest BCUT2D eigenvalue weighted by Crippen LogP contribution is -2.16. The Bertz CT molecular complexity index is 572. The lowest BCUT2D eigenvalue weighted by atomic mass is 10.1. The second-order valence-corrected chi connectivity index (χ2v) is 3.85. The van der Waals surface area contributed by atoms with Crippen LogP contribution >= 0.6 is 0 Å². The number of rotatable bonds is 2. The molecule has 0 fully saturated rings. The molecule has 0 atom stereocenters. The number of nitrogens with two attached hydrogens (primary N) is 1. The molecule has 1 aromatic carbocycles. The van der Waals surface area contributed by atoms with Gasteiger partial charge in [0.25, 0.3) is 0 Å². The van der Waals surface area contributed by atoms with E-state index in [0.717, 1.165) is 17.1 Å². The minimum absolute atomic E-state index is 0.0943. The predicted molar refractivity (Wildman–Crippen MR) is 65.5 cm³/mol. The molecule has 0 spiro atoms. The number of amidine groups is 1. The molecule has 17 heavy (non-hydrogen) atoms. The monoisotopic (exact) mass is 230 g/mol. The van der Waals surface area contributed by atoms with Gasteiger partial charge in [0.05, 0.1) is 5.69 Å². The zero-order valence-electron chi connectivity index (χ0n) is 9.75. The molecule has 1 aromatic heterocycles. The van der Waals surface area contributed by atoms with Crippen LogP contribution in [-0.4, -0.2) is 20.6 Å². The summed E-state index contributed by atoms with van der Waals surface area (Å²) >= 11 is 0. The molecule has 0 radical (unpaired) electrons. The maximum Gasteiger partial charge on any atom is 0.172 e. The summed E-state index contributed by atoms with van der Waals surface area (Å²) < 4.78 is 1.90.